The maximum absolute atomic E-state index is 4.62. The van der Waals surface area contributed by atoms with E-state index in [0.717, 1.165) is 13.1 Å². The summed E-state index contributed by atoms with van der Waals surface area (Å²) in [5, 5.41) is 0. The van der Waals surface area contributed by atoms with Gasteiger partial charge in [0.15, 0.2) is 0 Å². The van der Waals surface area contributed by atoms with Gasteiger partial charge in [-0.25, -0.2) is 0 Å². The third kappa shape index (κ3) is 1.50. The van der Waals surface area contributed by atoms with Crippen LogP contribution in [0.3, 0.4) is 0 Å². The summed E-state index contributed by atoms with van der Waals surface area (Å²) in [5.41, 5.74) is 5.46. The number of hydrogen-bond acceptors (Lipinski definition) is 2. The molecule has 0 aliphatic carbocycles. The van der Waals surface area contributed by atoms with Crippen LogP contribution in [0.1, 0.15) is 37.9 Å². The predicted molar refractivity (Wildman–Crippen MR) is 74.7 cm³/mol. The smallest absolute Gasteiger partial charge is 0.0920 e. The lowest BCUT2D eigenvalue weighted by Gasteiger charge is -2.40. The van der Waals surface area contributed by atoms with Gasteiger partial charge in [-0.3, -0.25) is 9.88 Å². The molecule has 0 bridgehead atoms. The van der Waals surface area contributed by atoms with Crippen molar-refractivity contribution in [2.75, 3.05) is 13.6 Å². The van der Waals surface area contributed by atoms with Gasteiger partial charge in [0, 0.05) is 36.0 Å². The lowest BCUT2D eigenvalue weighted by Crippen LogP contribution is -2.43. The van der Waals surface area contributed by atoms with Crippen LogP contribution in [0, 0.1) is 0 Å². The van der Waals surface area contributed by atoms with Crippen LogP contribution >= 0.6 is 0 Å². The molecule has 1 N–H and O–H groups in total. The molecule has 2 aromatic rings. The Morgan fingerprint density at radius 3 is 2.89 bits per heavy atom. The van der Waals surface area contributed by atoms with Crippen molar-refractivity contribution in [1.29, 1.82) is 0 Å². The number of aromatic amines is 1. The molecule has 1 aliphatic rings. The fraction of sp³-hybridized carbons (Fsp3) is 0.533. The standard InChI is InChI=1S/C15H21N3/c1-4-15(5-2)10-18(3)9-12-13(15)14-11(17-12)7-6-8-16-14/h6-8,17H,4-5,9-10H2,1-3H3. The molecule has 0 spiro atoms. The molecule has 0 amide bonds. The SMILES string of the molecule is CCC1(CC)CN(C)Cc2[nH]c3cccnc3c21. The van der Waals surface area contributed by atoms with Gasteiger partial charge < -0.3 is 4.98 Å². The number of pyridine rings is 1. The van der Waals surface area contributed by atoms with Crippen LogP contribution in [0.25, 0.3) is 11.0 Å². The fourth-order valence-electron chi connectivity index (χ4n) is 3.51. The van der Waals surface area contributed by atoms with Crippen molar-refractivity contribution in [3.05, 3.63) is 29.6 Å². The van der Waals surface area contributed by atoms with Crippen molar-refractivity contribution in [1.82, 2.24) is 14.9 Å². The number of likely N-dealkylation sites (N-methyl/N-ethyl adjacent to an activating group) is 1. The van der Waals surface area contributed by atoms with Gasteiger partial charge in [0.2, 0.25) is 0 Å². The Labute approximate surface area is 108 Å². The van der Waals surface area contributed by atoms with Crippen molar-refractivity contribution in [2.45, 2.75) is 38.6 Å². The monoisotopic (exact) mass is 243 g/mol. The van der Waals surface area contributed by atoms with Crippen LogP contribution in [0.5, 0.6) is 0 Å². The summed E-state index contributed by atoms with van der Waals surface area (Å²) < 4.78 is 0. The van der Waals surface area contributed by atoms with Crippen molar-refractivity contribution < 1.29 is 0 Å². The van der Waals surface area contributed by atoms with E-state index in [0.29, 0.717) is 0 Å². The minimum Gasteiger partial charge on any atom is -0.356 e. The van der Waals surface area contributed by atoms with Crippen LogP contribution in [0.4, 0.5) is 0 Å². The van der Waals surface area contributed by atoms with Crippen LogP contribution in [-0.4, -0.2) is 28.5 Å². The van der Waals surface area contributed by atoms with Crippen molar-refractivity contribution in [3.8, 4) is 0 Å². The predicted octanol–water partition coefficient (Wildman–Crippen LogP) is 3.07. The summed E-state index contributed by atoms with van der Waals surface area (Å²) in [5.74, 6) is 0. The topological polar surface area (TPSA) is 31.9 Å². The molecular weight excluding hydrogens is 222 g/mol. The maximum Gasteiger partial charge on any atom is 0.0920 e. The fourth-order valence-corrected chi connectivity index (χ4v) is 3.51. The van der Waals surface area contributed by atoms with Gasteiger partial charge in [0.25, 0.3) is 0 Å². The normalized spacial score (nSPS) is 19.1. The van der Waals surface area contributed by atoms with E-state index in [1.165, 1.54) is 35.1 Å². The third-order valence-electron chi connectivity index (χ3n) is 4.52. The first-order valence-electron chi connectivity index (χ1n) is 6.85. The summed E-state index contributed by atoms with van der Waals surface area (Å²) in [6.07, 6.45) is 4.25. The number of H-pyrrole nitrogens is 1. The van der Waals surface area contributed by atoms with E-state index in [2.05, 4.69) is 41.8 Å². The van der Waals surface area contributed by atoms with E-state index in [1.54, 1.807) is 0 Å². The molecule has 0 radical (unpaired) electrons. The van der Waals surface area contributed by atoms with E-state index in [4.69, 9.17) is 0 Å². The second kappa shape index (κ2) is 4.09. The molecule has 18 heavy (non-hydrogen) atoms. The zero-order valence-electron chi connectivity index (χ0n) is 11.5. The third-order valence-corrected chi connectivity index (χ3v) is 4.52. The molecule has 0 saturated carbocycles. The molecule has 0 fully saturated rings. The van der Waals surface area contributed by atoms with Gasteiger partial charge in [-0.2, -0.15) is 0 Å². The lowest BCUT2D eigenvalue weighted by atomic mass is 9.73. The Hall–Kier alpha value is -1.35. The minimum atomic E-state index is 0.259. The molecule has 0 unspecified atom stereocenters. The van der Waals surface area contributed by atoms with Crippen LogP contribution in [0.2, 0.25) is 0 Å². The van der Waals surface area contributed by atoms with Gasteiger partial charge in [0.05, 0.1) is 11.0 Å². The summed E-state index contributed by atoms with van der Waals surface area (Å²) in [7, 11) is 2.21. The lowest BCUT2D eigenvalue weighted by molar-refractivity contribution is 0.199. The molecule has 1 aliphatic heterocycles. The first kappa shape index (κ1) is 11.7. The van der Waals surface area contributed by atoms with Gasteiger partial charge in [-0.1, -0.05) is 13.8 Å². The summed E-state index contributed by atoms with van der Waals surface area (Å²) in [4.78, 5) is 10.6. The van der Waals surface area contributed by atoms with Gasteiger partial charge >= 0.3 is 0 Å². The van der Waals surface area contributed by atoms with Crippen molar-refractivity contribution >= 4 is 11.0 Å². The number of fused-ring (bicyclic) bond motifs is 3. The number of nitrogens with zero attached hydrogens (tertiary/aromatic N) is 2. The summed E-state index contributed by atoms with van der Waals surface area (Å²) in [6.45, 7) is 6.74. The van der Waals surface area contributed by atoms with Crippen LogP contribution in [0.15, 0.2) is 18.3 Å². The molecule has 3 heterocycles. The van der Waals surface area contributed by atoms with E-state index in [9.17, 15) is 0 Å². The van der Waals surface area contributed by atoms with Crippen LogP contribution < -0.4 is 0 Å². The van der Waals surface area contributed by atoms with E-state index in [-0.39, 0.29) is 5.41 Å². The number of rotatable bonds is 2. The van der Waals surface area contributed by atoms with Gasteiger partial charge in [-0.15, -0.1) is 0 Å². The second-order valence-electron chi connectivity index (χ2n) is 5.54. The highest BCUT2D eigenvalue weighted by Gasteiger charge is 2.38. The second-order valence-corrected chi connectivity index (χ2v) is 5.54. The van der Waals surface area contributed by atoms with Crippen LogP contribution in [-0.2, 0) is 12.0 Å². The first-order valence-corrected chi connectivity index (χ1v) is 6.85. The first-order chi connectivity index (χ1) is 8.70. The molecular formula is C15H21N3. The molecule has 3 heteroatoms. The molecule has 96 valence electrons. The molecule has 2 aromatic heterocycles. The Kier molecular flexibility index (Phi) is 2.67. The highest BCUT2D eigenvalue weighted by Crippen LogP contribution is 2.41. The van der Waals surface area contributed by atoms with Crippen molar-refractivity contribution in [2.24, 2.45) is 0 Å². The zero-order valence-corrected chi connectivity index (χ0v) is 11.5. The van der Waals surface area contributed by atoms with Gasteiger partial charge in [-0.05, 0) is 32.0 Å². The average molecular weight is 243 g/mol. The Balaban J connectivity index is 2.30. The molecule has 3 rings (SSSR count). The zero-order chi connectivity index (χ0) is 12.8. The molecule has 0 atom stereocenters. The Morgan fingerprint density at radius 2 is 2.17 bits per heavy atom. The van der Waals surface area contributed by atoms with E-state index >= 15 is 0 Å². The van der Waals surface area contributed by atoms with Crippen molar-refractivity contribution in [3.63, 3.8) is 0 Å². The Bertz CT molecular complexity index is 566. The van der Waals surface area contributed by atoms with Gasteiger partial charge in [0.1, 0.15) is 0 Å². The van der Waals surface area contributed by atoms with E-state index < -0.39 is 0 Å². The highest BCUT2D eigenvalue weighted by molar-refractivity contribution is 5.82. The quantitative estimate of drug-likeness (QED) is 0.879. The maximum atomic E-state index is 4.62. The average Bonchev–Trinajstić information content (AvgIpc) is 2.76. The molecule has 3 nitrogen and oxygen atoms in total. The van der Waals surface area contributed by atoms with E-state index in [1.807, 2.05) is 12.3 Å². The number of hydrogen-bond donors (Lipinski definition) is 1. The minimum absolute atomic E-state index is 0.259. The highest BCUT2D eigenvalue weighted by atomic mass is 15.1. The number of aromatic nitrogens is 2. The summed E-state index contributed by atoms with van der Waals surface area (Å²) >= 11 is 0. The molecule has 0 saturated heterocycles. The summed E-state index contributed by atoms with van der Waals surface area (Å²) in [6, 6.07) is 4.14. The Morgan fingerprint density at radius 1 is 1.39 bits per heavy atom. The largest absolute Gasteiger partial charge is 0.356 e. The number of nitrogens with one attached hydrogen (secondary N) is 1. The molecule has 0 aromatic carbocycles.